The summed E-state index contributed by atoms with van der Waals surface area (Å²) in [6, 6.07) is 5.50. The Balaban J connectivity index is 2.79. The van der Waals surface area contributed by atoms with Crippen LogP contribution in [-0.2, 0) is 15.5 Å². The maximum Gasteiger partial charge on any atom is 0.0561 e. The van der Waals surface area contributed by atoms with E-state index in [1.165, 1.54) is 0 Å². The van der Waals surface area contributed by atoms with Crippen molar-refractivity contribution in [2.45, 2.75) is 30.4 Å². The van der Waals surface area contributed by atoms with Gasteiger partial charge >= 0.3 is 0 Å². The molecule has 3 nitrogen and oxygen atoms in total. The van der Waals surface area contributed by atoms with Gasteiger partial charge in [-0.1, -0.05) is 6.92 Å². The van der Waals surface area contributed by atoms with E-state index in [4.69, 9.17) is 10.5 Å². The molecule has 0 amide bonds. The van der Waals surface area contributed by atoms with Gasteiger partial charge in [-0.25, -0.2) is 0 Å². The smallest absolute Gasteiger partial charge is 0.0561 e. The molecule has 0 aromatic heterocycles. The Hall–Kier alpha value is -0.870. The predicted octanol–water partition coefficient (Wildman–Crippen LogP) is 2.11. The minimum absolute atomic E-state index is 0.0993. The van der Waals surface area contributed by atoms with E-state index in [-0.39, 0.29) is 5.25 Å². The largest absolute Gasteiger partial charge is 0.399 e. The molecule has 0 saturated heterocycles. The SMILES string of the molecule is COCCC(C)S(=O)c1ccc(N)cc1C. The Morgan fingerprint density at radius 3 is 2.75 bits per heavy atom. The third kappa shape index (κ3) is 3.32. The first-order valence-corrected chi connectivity index (χ1v) is 6.53. The van der Waals surface area contributed by atoms with Gasteiger partial charge in [0.1, 0.15) is 0 Å². The van der Waals surface area contributed by atoms with E-state index in [1.807, 2.05) is 26.0 Å². The van der Waals surface area contributed by atoms with E-state index in [0.717, 1.165) is 16.9 Å². The number of anilines is 1. The highest BCUT2D eigenvalue weighted by Gasteiger charge is 2.15. The molecule has 0 aliphatic rings. The van der Waals surface area contributed by atoms with Crippen molar-refractivity contribution in [1.29, 1.82) is 0 Å². The molecule has 16 heavy (non-hydrogen) atoms. The average Bonchev–Trinajstić information content (AvgIpc) is 2.25. The lowest BCUT2D eigenvalue weighted by molar-refractivity contribution is 0.195. The lowest BCUT2D eigenvalue weighted by atomic mass is 10.2. The lowest BCUT2D eigenvalue weighted by Gasteiger charge is -2.13. The maximum atomic E-state index is 12.2. The normalized spacial score (nSPS) is 14.7. The van der Waals surface area contributed by atoms with Gasteiger partial charge in [-0.2, -0.15) is 0 Å². The van der Waals surface area contributed by atoms with Gasteiger partial charge in [-0.05, 0) is 37.1 Å². The second-order valence-electron chi connectivity index (χ2n) is 3.91. The van der Waals surface area contributed by atoms with Crippen molar-refractivity contribution >= 4 is 16.5 Å². The second kappa shape index (κ2) is 6.01. The summed E-state index contributed by atoms with van der Waals surface area (Å²) in [5.74, 6) is 0. The van der Waals surface area contributed by atoms with E-state index in [2.05, 4.69) is 0 Å². The number of methoxy groups -OCH3 is 1. The number of benzene rings is 1. The third-order valence-corrected chi connectivity index (χ3v) is 4.37. The first-order valence-electron chi connectivity index (χ1n) is 5.32. The monoisotopic (exact) mass is 241 g/mol. The summed E-state index contributed by atoms with van der Waals surface area (Å²) in [6.07, 6.45) is 0.799. The molecular formula is C12H19NO2S. The van der Waals surface area contributed by atoms with Gasteiger partial charge in [0.15, 0.2) is 0 Å². The highest BCUT2D eigenvalue weighted by Crippen LogP contribution is 2.20. The molecular weight excluding hydrogens is 222 g/mol. The molecule has 0 heterocycles. The number of nitrogens with two attached hydrogens (primary N) is 1. The molecule has 0 aliphatic heterocycles. The van der Waals surface area contributed by atoms with Crippen LogP contribution in [0.15, 0.2) is 23.1 Å². The van der Waals surface area contributed by atoms with Crippen molar-refractivity contribution in [2.75, 3.05) is 19.5 Å². The van der Waals surface area contributed by atoms with Crippen LogP contribution in [0.1, 0.15) is 18.9 Å². The van der Waals surface area contributed by atoms with Crippen molar-refractivity contribution in [3.63, 3.8) is 0 Å². The Bertz CT molecular complexity index is 379. The topological polar surface area (TPSA) is 52.3 Å². The molecule has 90 valence electrons. The highest BCUT2D eigenvalue weighted by atomic mass is 32.2. The van der Waals surface area contributed by atoms with Crippen LogP contribution in [0.5, 0.6) is 0 Å². The minimum Gasteiger partial charge on any atom is -0.399 e. The number of hydrogen-bond acceptors (Lipinski definition) is 3. The van der Waals surface area contributed by atoms with Crippen LogP contribution in [0.2, 0.25) is 0 Å². The van der Waals surface area contributed by atoms with Crippen LogP contribution in [0.3, 0.4) is 0 Å². The van der Waals surface area contributed by atoms with Crippen LogP contribution >= 0.6 is 0 Å². The van der Waals surface area contributed by atoms with Gasteiger partial charge in [0.05, 0.1) is 10.8 Å². The maximum absolute atomic E-state index is 12.2. The summed E-state index contributed by atoms with van der Waals surface area (Å²) in [6.45, 7) is 4.55. The summed E-state index contributed by atoms with van der Waals surface area (Å²) in [5, 5.41) is 0.0993. The molecule has 0 fully saturated rings. The molecule has 2 N–H and O–H groups in total. The molecule has 1 aromatic rings. The standard InChI is InChI=1S/C12H19NO2S/c1-9-8-11(13)4-5-12(9)16(14)10(2)6-7-15-3/h4-5,8,10H,6-7,13H2,1-3H3. The molecule has 0 spiro atoms. The fraction of sp³-hybridized carbons (Fsp3) is 0.500. The van der Waals surface area contributed by atoms with E-state index in [0.29, 0.717) is 12.3 Å². The molecule has 4 heteroatoms. The van der Waals surface area contributed by atoms with Gasteiger partial charge in [0, 0.05) is 29.5 Å². The number of hydrogen-bond donors (Lipinski definition) is 1. The van der Waals surface area contributed by atoms with Crippen molar-refractivity contribution in [2.24, 2.45) is 0 Å². The van der Waals surface area contributed by atoms with Crippen LogP contribution in [-0.4, -0.2) is 23.2 Å². The lowest BCUT2D eigenvalue weighted by Crippen LogP contribution is -2.14. The Morgan fingerprint density at radius 1 is 1.50 bits per heavy atom. The summed E-state index contributed by atoms with van der Waals surface area (Å²) >= 11 is 0. The number of nitrogen functional groups attached to an aromatic ring is 1. The zero-order valence-corrected chi connectivity index (χ0v) is 10.8. The number of ether oxygens (including phenoxy) is 1. The molecule has 2 atom stereocenters. The van der Waals surface area contributed by atoms with Gasteiger partial charge in [0.2, 0.25) is 0 Å². The second-order valence-corrected chi connectivity index (χ2v) is 5.75. The summed E-state index contributed by atoms with van der Waals surface area (Å²) in [7, 11) is 0.672. The van der Waals surface area contributed by atoms with E-state index in [1.54, 1.807) is 13.2 Å². The minimum atomic E-state index is -0.985. The molecule has 0 aliphatic carbocycles. The van der Waals surface area contributed by atoms with Crippen molar-refractivity contribution < 1.29 is 8.95 Å². The van der Waals surface area contributed by atoms with Crippen molar-refractivity contribution in [3.05, 3.63) is 23.8 Å². The van der Waals surface area contributed by atoms with Crippen LogP contribution in [0.4, 0.5) is 5.69 Å². The quantitative estimate of drug-likeness (QED) is 0.803. The van der Waals surface area contributed by atoms with Gasteiger partial charge in [-0.3, -0.25) is 4.21 Å². The Kier molecular flexibility index (Phi) is 4.96. The summed E-state index contributed by atoms with van der Waals surface area (Å²) < 4.78 is 17.2. The van der Waals surface area contributed by atoms with Crippen molar-refractivity contribution in [1.82, 2.24) is 0 Å². The van der Waals surface area contributed by atoms with Crippen LogP contribution in [0, 0.1) is 6.92 Å². The molecule has 2 unspecified atom stereocenters. The van der Waals surface area contributed by atoms with E-state index in [9.17, 15) is 4.21 Å². The third-order valence-electron chi connectivity index (χ3n) is 2.51. The average molecular weight is 241 g/mol. The summed E-state index contributed by atoms with van der Waals surface area (Å²) in [5.41, 5.74) is 7.36. The van der Waals surface area contributed by atoms with Crippen molar-refractivity contribution in [3.8, 4) is 0 Å². The molecule has 1 aromatic carbocycles. The first kappa shape index (κ1) is 13.2. The zero-order valence-electron chi connectivity index (χ0n) is 10.0. The van der Waals surface area contributed by atoms with E-state index < -0.39 is 10.8 Å². The van der Waals surface area contributed by atoms with Gasteiger partial charge in [0.25, 0.3) is 0 Å². The molecule has 0 bridgehead atoms. The summed E-state index contributed by atoms with van der Waals surface area (Å²) in [4.78, 5) is 0.873. The number of rotatable bonds is 5. The molecule has 0 saturated carbocycles. The fourth-order valence-electron chi connectivity index (χ4n) is 1.51. The highest BCUT2D eigenvalue weighted by molar-refractivity contribution is 7.85. The van der Waals surface area contributed by atoms with Crippen LogP contribution in [0.25, 0.3) is 0 Å². The zero-order chi connectivity index (χ0) is 12.1. The first-order chi connectivity index (χ1) is 7.56. The Labute approximate surface area is 99.4 Å². The fourth-order valence-corrected chi connectivity index (χ4v) is 2.83. The molecule has 0 radical (unpaired) electrons. The molecule has 1 rings (SSSR count). The van der Waals surface area contributed by atoms with Crippen LogP contribution < -0.4 is 5.73 Å². The van der Waals surface area contributed by atoms with Gasteiger partial charge < -0.3 is 10.5 Å². The number of aryl methyl sites for hydroxylation is 1. The van der Waals surface area contributed by atoms with E-state index >= 15 is 0 Å². The Morgan fingerprint density at radius 2 is 2.19 bits per heavy atom. The van der Waals surface area contributed by atoms with Gasteiger partial charge in [-0.15, -0.1) is 0 Å². The predicted molar refractivity (Wildman–Crippen MR) is 68.0 cm³/mol.